The molecule has 0 unspecified atom stereocenters. The molecule has 0 aliphatic rings. The van der Waals surface area contributed by atoms with E-state index in [2.05, 4.69) is 4.98 Å². The molecule has 0 aliphatic carbocycles. The second kappa shape index (κ2) is 6.46. The van der Waals surface area contributed by atoms with Crippen LogP contribution in [0.1, 0.15) is 40.7 Å². The maximum Gasteiger partial charge on any atom is 0.337 e. The topological polar surface area (TPSA) is 76.2 Å². The maximum atomic E-state index is 12.6. The Labute approximate surface area is 103 Å². The van der Waals surface area contributed by atoms with Crippen molar-refractivity contribution in [3.05, 3.63) is 28.6 Å². The van der Waals surface area contributed by atoms with Crippen LogP contribution in [0.5, 0.6) is 0 Å². The van der Waals surface area contributed by atoms with Gasteiger partial charge in [-0.1, -0.05) is 6.92 Å². The van der Waals surface area contributed by atoms with Crippen LogP contribution in [0.2, 0.25) is 0 Å². The second-order valence-electron chi connectivity index (χ2n) is 3.19. The van der Waals surface area contributed by atoms with Crippen molar-refractivity contribution in [2.24, 2.45) is 5.73 Å². The minimum Gasteiger partial charge on any atom is -0.478 e. The lowest BCUT2D eigenvalue weighted by Gasteiger charge is -2.10. The van der Waals surface area contributed by atoms with Gasteiger partial charge >= 0.3 is 5.97 Å². The number of halogens is 3. The minimum atomic E-state index is -2.90. The number of carboxylic acid groups (broad SMARTS) is 1. The van der Waals surface area contributed by atoms with Crippen molar-refractivity contribution < 1.29 is 18.7 Å². The number of carbonyl (C=O) groups is 1. The quantitative estimate of drug-likeness (QED) is 0.876. The van der Waals surface area contributed by atoms with E-state index in [1.165, 1.54) is 6.07 Å². The average Bonchev–Trinajstić information content (AvgIpc) is 2.26. The summed E-state index contributed by atoms with van der Waals surface area (Å²) < 4.78 is 25.2. The zero-order valence-corrected chi connectivity index (χ0v) is 9.93. The molecule has 0 amide bonds. The molecule has 0 bridgehead atoms. The molecule has 0 atom stereocenters. The fraction of sp³-hybridized carbons (Fsp3) is 0.400. The van der Waals surface area contributed by atoms with E-state index in [1.54, 1.807) is 6.92 Å². The zero-order chi connectivity index (χ0) is 12.3. The summed E-state index contributed by atoms with van der Waals surface area (Å²) in [6.07, 6.45) is -2.46. The van der Waals surface area contributed by atoms with E-state index >= 15 is 0 Å². The third kappa shape index (κ3) is 3.34. The second-order valence-corrected chi connectivity index (χ2v) is 3.19. The molecule has 0 fully saturated rings. The smallest absolute Gasteiger partial charge is 0.337 e. The Kier molecular flexibility index (Phi) is 5.98. The molecule has 1 rings (SSSR count). The van der Waals surface area contributed by atoms with E-state index in [9.17, 15) is 13.6 Å². The number of nitrogens with zero attached hydrogens (tertiary/aromatic N) is 1. The summed E-state index contributed by atoms with van der Waals surface area (Å²) in [4.78, 5) is 14.5. The molecule has 0 spiro atoms. The first-order valence-electron chi connectivity index (χ1n) is 4.75. The lowest BCUT2D eigenvalue weighted by atomic mass is 10.1. The number of aryl methyl sites for hydroxylation is 1. The van der Waals surface area contributed by atoms with Gasteiger partial charge in [0.15, 0.2) is 0 Å². The number of alkyl halides is 2. The Hall–Kier alpha value is -1.27. The van der Waals surface area contributed by atoms with Gasteiger partial charge in [-0.05, 0) is 18.1 Å². The highest BCUT2D eigenvalue weighted by molar-refractivity contribution is 5.89. The molecule has 96 valence electrons. The van der Waals surface area contributed by atoms with E-state index in [0.717, 1.165) is 0 Å². The Balaban J connectivity index is 0.00000256. The third-order valence-electron chi connectivity index (χ3n) is 2.21. The largest absolute Gasteiger partial charge is 0.478 e. The minimum absolute atomic E-state index is 0. The molecular formula is C10H13ClF2N2O2. The molecule has 0 aliphatic heterocycles. The number of aromatic nitrogens is 1. The first-order chi connectivity index (χ1) is 7.51. The highest BCUT2D eigenvalue weighted by Gasteiger charge is 2.21. The van der Waals surface area contributed by atoms with Crippen LogP contribution in [0.3, 0.4) is 0 Å². The van der Waals surface area contributed by atoms with Gasteiger partial charge in [-0.15, -0.1) is 12.4 Å². The van der Waals surface area contributed by atoms with Gasteiger partial charge in [0, 0.05) is 12.2 Å². The van der Waals surface area contributed by atoms with Crippen LogP contribution >= 0.6 is 12.4 Å². The molecule has 4 nitrogen and oxygen atoms in total. The van der Waals surface area contributed by atoms with Crippen LogP contribution in [-0.4, -0.2) is 16.1 Å². The number of carboxylic acids is 1. The molecule has 1 aromatic rings. The van der Waals surface area contributed by atoms with Crippen LogP contribution in [-0.2, 0) is 13.0 Å². The highest BCUT2D eigenvalue weighted by atomic mass is 35.5. The molecule has 0 aromatic carbocycles. The summed E-state index contributed by atoms with van der Waals surface area (Å²) in [5.74, 6) is -1.42. The Morgan fingerprint density at radius 2 is 2.18 bits per heavy atom. The molecule has 17 heavy (non-hydrogen) atoms. The van der Waals surface area contributed by atoms with E-state index in [4.69, 9.17) is 10.8 Å². The van der Waals surface area contributed by atoms with Crippen LogP contribution in [0, 0.1) is 0 Å². The molecule has 0 saturated carbocycles. The van der Waals surface area contributed by atoms with Crippen LogP contribution in [0.15, 0.2) is 6.07 Å². The fourth-order valence-electron chi connectivity index (χ4n) is 1.43. The number of nitrogens with two attached hydrogens (primary N) is 1. The first-order valence-corrected chi connectivity index (χ1v) is 4.75. The lowest BCUT2D eigenvalue weighted by molar-refractivity contribution is 0.0682. The number of aromatic carboxylic acids is 1. The summed E-state index contributed by atoms with van der Waals surface area (Å²) in [6, 6.07) is 1.18. The van der Waals surface area contributed by atoms with Gasteiger partial charge < -0.3 is 10.8 Å². The zero-order valence-electron chi connectivity index (χ0n) is 9.11. The van der Waals surface area contributed by atoms with Gasteiger partial charge in [-0.3, -0.25) is 4.98 Å². The lowest BCUT2D eigenvalue weighted by Crippen LogP contribution is -2.12. The van der Waals surface area contributed by atoms with E-state index in [-0.39, 0.29) is 19.0 Å². The van der Waals surface area contributed by atoms with Crippen molar-refractivity contribution >= 4 is 18.4 Å². The van der Waals surface area contributed by atoms with E-state index in [1.807, 2.05) is 0 Å². The maximum absolute atomic E-state index is 12.6. The average molecular weight is 267 g/mol. The van der Waals surface area contributed by atoms with Gasteiger partial charge in [0.1, 0.15) is 5.69 Å². The molecular weight excluding hydrogens is 254 g/mol. The van der Waals surface area contributed by atoms with E-state index in [0.29, 0.717) is 17.7 Å². The summed E-state index contributed by atoms with van der Waals surface area (Å²) in [6.45, 7) is 1.83. The number of rotatable bonds is 4. The summed E-state index contributed by atoms with van der Waals surface area (Å²) in [7, 11) is 0. The number of hydrogen-bond donors (Lipinski definition) is 2. The van der Waals surface area contributed by atoms with Crippen molar-refractivity contribution in [1.82, 2.24) is 4.98 Å². The predicted molar refractivity (Wildman–Crippen MR) is 60.7 cm³/mol. The first kappa shape index (κ1) is 15.7. The molecule has 0 radical (unpaired) electrons. The van der Waals surface area contributed by atoms with E-state index < -0.39 is 23.7 Å². The monoisotopic (exact) mass is 266 g/mol. The molecule has 1 heterocycles. The van der Waals surface area contributed by atoms with Crippen molar-refractivity contribution in [3.63, 3.8) is 0 Å². The van der Waals surface area contributed by atoms with Crippen molar-refractivity contribution in [1.29, 1.82) is 0 Å². The van der Waals surface area contributed by atoms with Crippen molar-refractivity contribution in [3.8, 4) is 0 Å². The van der Waals surface area contributed by atoms with Crippen LogP contribution in [0.25, 0.3) is 0 Å². The summed E-state index contributed by atoms with van der Waals surface area (Å²) >= 11 is 0. The van der Waals surface area contributed by atoms with Gasteiger partial charge in [0.2, 0.25) is 0 Å². The molecule has 0 saturated heterocycles. The predicted octanol–water partition coefficient (Wildman–Crippen LogP) is 2.16. The molecule has 3 N–H and O–H groups in total. The van der Waals surface area contributed by atoms with Gasteiger partial charge in [-0.2, -0.15) is 0 Å². The van der Waals surface area contributed by atoms with Crippen molar-refractivity contribution in [2.75, 3.05) is 0 Å². The standard InChI is InChI=1S/C10H12F2N2O2.ClH/c1-2-7-5(4-13)3-6(10(15)16)8(14-7)9(11)12;/h3,9H,2,4,13H2,1H3,(H,15,16);1H. The summed E-state index contributed by atoms with van der Waals surface area (Å²) in [5, 5.41) is 8.78. The Morgan fingerprint density at radius 1 is 1.59 bits per heavy atom. The van der Waals surface area contributed by atoms with Gasteiger partial charge in [0.05, 0.1) is 5.56 Å². The Morgan fingerprint density at radius 3 is 2.53 bits per heavy atom. The number of pyridine rings is 1. The van der Waals surface area contributed by atoms with Crippen molar-refractivity contribution in [2.45, 2.75) is 26.3 Å². The Bertz CT molecular complexity index is 414. The fourth-order valence-corrected chi connectivity index (χ4v) is 1.43. The SMILES string of the molecule is CCc1nc(C(F)F)c(C(=O)O)cc1CN.Cl. The molecule has 7 heteroatoms. The highest BCUT2D eigenvalue weighted by Crippen LogP contribution is 2.23. The third-order valence-corrected chi connectivity index (χ3v) is 2.21. The normalized spacial score (nSPS) is 10.2. The molecule has 1 aromatic heterocycles. The van der Waals surface area contributed by atoms with Gasteiger partial charge in [-0.25, -0.2) is 13.6 Å². The van der Waals surface area contributed by atoms with Crippen LogP contribution < -0.4 is 5.73 Å². The van der Waals surface area contributed by atoms with Crippen LogP contribution in [0.4, 0.5) is 8.78 Å². The summed E-state index contributed by atoms with van der Waals surface area (Å²) in [5.41, 5.74) is 5.14. The van der Waals surface area contributed by atoms with Gasteiger partial charge in [0.25, 0.3) is 6.43 Å². The number of hydrogen-bond acceptors (Lipinski definition) is 3.